The standard InChI is InChI=1S/C10H21NO2.2C2H6/c1-11-9-7-5-3-4-6-8-10(12)13-2;2*1-2/h11H,3-9H2,1-2H3;2*1-2H3. The Balaban J connectivity index is -0.000000439. The lowest BCUT2D eigenvalue weighted by Crippen LogP contribution is -2.06. The van der Waals surface area contributed by atoms with Crippen molar-refractivity contribution in [1.29, 1.82) is 0 Å². The number of carbonyl (C=O) groups excluding carboxylic acids is 1. The van der Waals surface area contributed by atoms with Crippen molar-refractivity contribution in [2.45, 2.75) is 66.2 Å². The van der Waals surface area contributed by atoms with Crippen LogP contribution in [0.25, 0.3) is 0 Å². The monoisotopic (exact) mass is 247 g/mol. The fourth-order valence-corrected chi connectivity index (χ4v) is 1.20. The summed E-state index contributed by atoms with van der Waals surface area (Å²) in [6.45, 7) is 9.09. The molecule has 0 unspecified atom stereocenters. The van der Waals surface area contributed by atoms with Crippen LogP contribution in [-0.2, 0) is 9.53 Å². The number of unbranched alkanes of at least 4 members (excludes halogenated alkanes) is 4. The van der Waals surface area contributed by atoms with Crippen LogP contribution in [0.1, 0.15) is 66.2 Å². The van der Waals surface area contributed by atoms with Crippen LogP contribution >= 0.6 is 0 Å². The molecule has 3 nitrogen and oxygen atoms in total. The quantitative estimate of drug-likeness (QED) is 0.524. The Labute approximate surface area is 108 Å². The first kappa shape index (κ1) is 21.7. The number of hydrogen-bond donors (Lipinski definition) is 1. The molecular formula is C14H33NO2. The van der Waals surface area contributed by atoms with Crippen molar-refractivity contribution in [3.63, 3.8) is 0 Å². The summed E-state index contributed by atoms with van der Waals surface area (Å²) in [7, 11) is 3.41. The van der Waals surface area contributed by atoms with Crippen LogP contribution in [0.4, 0.5) is 0 Å². The van der Waals surface area contributed by atoms with Gasteiger partial charge in [0, 0.05) is 6.42 Å². The van der Waals surface area contributed by atoms with Gasteiger partial charge in [0.2, 0.25) is 0 Å². The molecule has 3 heteroatoms. The molecule has 0 saturated carbocycles. The first-order chi connectivity index (χ1) is 8.31. The smallest absolute Gasteiger partial charge is 0.305 e. The fourth-order valence-electron chi connectivity index (χ4n) is 1.20. The van der Waals surface area contributed by atoms with Gasteiger partial charge in [0.25, 0.3) is 0 Å². The summed E-state index contributed by atoms with van der Waals surface area (Å²) in [4.78, 5) is 10.7. The zero-order valence-electron chi connectivity index (χ0n) is 12.8. The van der Waals surface area contributed by atoms with Crippen LogP contribution in [0.3, 0.4) is 0 Å². The third kappa shape index (κ3) is 25.6. The van der Waals surface area contributed by atoms with E-state index in [-0.39, 0.29) is 5.97 Å². The van der Waals surface area contributed by atoms with E-state index in [2.05, 4.69) is 10.1 Å². The molecule has 0 fully saturated rings. The van der Waals surface area contributed by atoms with Gasteiger partial charge in [-0.25, -0.2) is 0 Å². The van der Waals surface area contributed by atoms with E-state index in [1.807, 2.05) is 34.7 Å². The molecule has 0 rings (SSSR count). The molecule has 1 N–H and O–H groups in total. The maximum Gasteiger partial charge on any atom is 0.305 e. The molecule has 0 spiro atoms. The molecule has 0 aromatic heterocycles. The predicted octanol–water partition coefficient (Wildman–Crippen LogP) is 3.77. The number of methoxy groups -OCH3 is 1. The number of carbonyl (C=O) groups is 1. The van der Waals surface area contributed by atoms with Crippen molar-refractivity contribution in [2.24, 2.45) is 0 Å². The Hall–Kier alpha value is -0.570. The largest absolute Gasteiger partial charge is 0.469 e. The van der Waals surface area contributed by atoms with E-state index < -0.39 is 0 Å². The van der Waals surface area contributed by atoms with E-state index in [0.29, 0.717) is 6.42 Å². The second-order valence-electron chi connectivity index (χ2n) is 3.20. The summed E-state index contributed by atoms with van der Waals surface area (Å²) in [5, 5.41) is 3.11. The van der Waals surface area contributed by atoms with Crippen LogP contribution in [0, 0.1) is 0 Å². The summed E-state index contributed by atoms with van der Waals surface area (Å²) in [5.74, 6) is -0.0878. The fraction of sp³-hybridized carbons (Fsp3) is 0.929. The van der Waals surface area contributed by atoms with E-state index in [1.165, 1.54) is 26.4 Å². The van der Waals surface area contributed by atoms with Crippen molar-refractivity contribution in [2.75, 3.05) is 20.7 Å². The average molecular weight is 247 g/mol. The minimum absolute atomic E-state index is 0.0878. The van der Waals surface area contributed by atoms with Crippen LogP contribution in [0.15, 0.2) is 0 Å². The van der Waals surface area contributed by atoms with Gasteiger partial charge in [0.15, 0.2) is 0 Å². The minimum atomic E-state index is -0.0878. The van der Waals surface area contributed by atoms with Crippen LogP contribution in [0.5, 0.6) is 0 Å². The average Bonchev–Trinajstić information content (AvgIpc) is 2.42. The zero-order valence-corrected chi connectivity index (χ0v) is 12.8. The van der Waals surface area contributed by atoms with E-state index >= 15 is 0 Å². The van der Waals surface area contributed by atoms with Gasteiger partial charge in [-0.3, -0.25) is 4.79 Å². The van der Waals surface area contributed by atoms with Crippen molar-refractivity contribution in [3.05, 3.63) is 0 Å². The van der Waals surface area contributed by atoms with E-state index in [0.717, 1.165) is 19.4 Å². The number of hydrogen-bond acceptors (Lipinski definition) is 3. The lowest BCUT2D eigenvalue weighted by Gasteiger charge is -2.00. The van der Waals surface area contributed by atoms with Gasteiger partial charge < -0.3 is 10.1 Å². The Bertz CT molecular complexity index is 127. The number of nitrogens with one attached hydrogen (secondary N) is 1. The van der Waals surface area contributed by atoms with Gasteiger partial charge in [-0.2, -0.15) is 0 Å². The summed E-state index contributed by atoms with van der Waals surface area (Å²) in [5.41, 5.74) is 0. The van der Waals surface area contributed by atoms with E-state index in [4.69, 9.17) is 0 Å². The molecule has 0 aromatic rings. The molecular weight excluding hydrogens is 214 g/mol. The molecule has 0 heterocycles. The van der Waals surface area contributed by atoms with Gasteiger partial charge in [0.1, 0.15) is 0 Å². The first-order valence-electron chi connectivity index (χ1n) is 7.02. The van der Waals surface area contributed by atoms with Crippen LogP contribution < -0.4 is 5.32 Å². The molecule has 106 valence electrons. The first-order valence-corrected chi connectivity index (χ1v) is 7.02. The SMILES string of the molecule is CC.CC.CNCCCCCCCC(=O)OC. The minimum Gasteiger partial charge on any atom is -0.469 e. The number of esters is 1. The van der Waals surface area contributed by atoms with Crippen molar-refractivity contribution < 1.29 is 9.53 Å². The van der Waals surface area contributed by atoms with Gasteiger partial charge in [0.05, 0.1) is 7.11 Å². The van der Waals surface area contributed by atoms with Gasteiger partial charge >= 0.3 is 5.97 Å². The lowest BCUT2D eigenvalue weighted by molar-refractivity contribution is -0.140. The molecule has 0 aliphatic carbocycles. The summed E-state index contributed by atoms with van der Waals surface area (Å²) in [6, 6.07) is 0. The summed E-state index contributed by atoms with van der Waals surface area (Å²) in [6.07, 6.45) is 6.38. The lowest BCUT2D eigenvalue weighted by atomic mass is 10.1. The molecule has 17 heavy (non-hydrogen) atoms. The second kappa shape index (κ2) is 24.6. The molecule has 0 aliphatic heterocycles. The summed E-state index contributed by atoms with van der Waals surface area (Å²) >= 11 is 0. The Morgan fingerprint density at radius 2 is 1.41 bits per heavy atom. The highest BCUT2D eigenvalue weighted by Gasteiger charge is 1.98. The Morgan fingerprint density at radius 3 is 1.88 bits per heavy atom. The molecule has 0 saturated heterocycles. The predicted molar refractivity (Wildman–Crippen MR) is 76.3 cm³/mol. The highest BCUT2D eigenvalue weighted by atomic mass is 16.5. The maximum atomic E-state index is 10.7. The zero-order chi connectivity index (χ0) is 13.9. The third-order valence-corrected chi connectivity index (χ3v) is 2.04. The highest BCUT2D eigenvalue weighted by Crippen LogP contribution is 2.05. The molecule has 0 aromatic carbocycles. The van der Waals surface area contributed by atoms with Crippen molar-refractivity contribution >= 4 is 5.97 Å². The molecule has 0 radical (unpaired) electrons. The summed E-state index contributed by atoms with van der Waals surface area (Å²) < 4.78 is 4.55. The van der Waals surface area contributed by atoms with Gasteiger partial charge in [-0.15, -0.1) is 0 Å². The van der Waals surface area contributed by atoms with Gasteiger partial charge in [-0.1, -0.05) is 47.0 Å². The number of ether oxygens (including phenoxy) is 1. The third-order valence-electron chi connectivity index (χ3n) is 2.04. The topological polar surface area (TPSA) is 38.3 Å². The van der Waals surface area contributed by atoms with Crippen molar-refractivity contribution in [1.82, 2.24) is 5.32 Å². The molecule has 0 amide bonds. The highest BCUT2D eigenvalue weighted by molar-refractivity contribution is 5.68. The number of rotatable bonds is 8. The van der Waals surface area contributed by atoms with Crippen LogP contribution in [0.2, 0.25) is 0 Å². The Morgan fingerprint density at radius 1 is 0.941 bits per heavy atom. The van der Waals surface area contributed by atoms with Crippen molar-refractivity contribution in [3.8, 4) is 0 Å². The maximum absolute atomic E-state index is 10.7. The van der Waals surface area contributed by atoms with E-state index in [1.54, 1.807) is 0 Å². The molecule has 0 aliphatic rings. The normalized spacial score (nSPS) is 8.35. The second-order valence-corrected chi connectivity index (χ2v) is 3.20. The van der Waals surface area contributed by atoms with E-state index in [9.17, 15) is 4.79 Å². The van der Waals surface area contributed by atoms with Gasteiger partial charge in [-0.05, 0) is 26.4 Å². The molecule has 0 atom stereocenters. The van der Waals surface area contributed by atoms with Crippen LogP contribution in [-0.4, -0.2) is 26.7 Å². The Kier molecular flexibility index (Phi) is 31.4. The molecule has 0 bridgehead atoms.